The van der Waals surface area contributed by atoms with Gasteiger partial charge in [0, 0.05) is 24.2 Å². The van der Waals surface area contributed by atoms with Crippen LogP contribution < -0.4 is 0 Å². The molecule has 0 heterocycles. The number of rotatable bonds is 7. The highest BCUT2D eigenvalue weighted by Crippen LogP contribution is 2.22. The molecule has 0 aliphatic rings. The predicted molar refractivity (Wildman–Crippen MR) is 75.4 cm³/mol. The molecule has 3 nitrogen and oxygen atoms in total. The van der Waals surface area contributed by atoms with E-state index in [-0.39, 0.29) is 17.2 Å². The summed E-state index contributed by atoms with van der Waals surface area (Å²) in [5, 5.41) is 9.47. The third kappa shape index (κ3) is 5.36. The standard InChI is InChI=1S/C14H32N2O/c1-9-13(3,4)16(8)11-14(5,6)15(7)10-12(2)17/h12,17H,9-11H2,1-8H3. The van der Waals surface area contributed by atoms with Crippen molar-refractivity contribution in [2.45, 2.75) is 65.1 Å². The van der Waals surface area contributed by atoms with Crippen molar-refractivity contribution < 1.29 is 5.11 Å². The number of hydrogen-bond acceptors (Lipinski definition) is 3. The van der Waals surface area contributed by atoms with E-state index in [9.17, 15) is 5.11 Å². The van der Waals surface area contributed by atoms with Crippen molar-refractivity contribution in [3.8, 4) is 0 Å². The summed E-state index contributed by atoms with van der Waals surface area (Å²) >= 11 is 0. The summed E-state index contributed by atoms with van der Waals surface area (Å²) in [6, 6.07) is 0. The first-order valence-corrected chi connectivity index (χ1v) is 6.63. The Morgan fingerprint density at radius 1 is 1.00 bits per heavy atom. The molecule has 104 valence electrons. The Labute approximate surface area is 108 Å². The van der Waals surface area contributed by atoms with Crippen LogP contribution in [0.5, 0.6) is 0 Å². The minimum Gasteiger partial charge on any atom is -0.392 e. The summed E-state index contributed by atoms with van der Waals surface area (Å²) in [5.74, 6) is 0. The highest BCUT2D eigenvalue weighted by Gasteiger charge is 2.30. The molecule has 0 saturated carbocycles. The Morgan fingerprint density at radius 2 is 1.47 bits per heavy atom. The molecule has 0 radical (unpaired) electrons. The first-order chi connectivity index (χ1) is 7.53. The topological polar surface area (TPSA) is 26.7 Å². The Kier molecular flexibility index (Phi) is 6.12. The van der Waals surface area contributed by atoms with E-state index in [1.165, 1.54) is 0 Å². The zero-order valence-electron chi connectivity index (χ0n) is 13.0. The molecule has 0 saturated heterocycles. The zero-order chi connectivity index (χ0) is 13.9. The first kappa shape index (κ1) is 16.9. The van der Waals surface area contributed by atoms with Gasteiger partial charge in [-0.1, -0.05) is 6.92 Å². The third-order valence-corrected chi connectivity index (χ3v) is 4.09. The Hall–Kier alpha value is -0.120. The fourth-order valence-corrected chi connectivity index (χ4v) is 1.83. The maximum Gasteiger partial charge on any atom is 0.0639 e. The molecule has 0 aromatic heterocycles. The molecule has 0 aliphatic carbocycles. The molecule has 0 rings (SSSR count). The number of likely N-dealkylation sites (N-methyl/N-ethyl adjacent to an activating group) is 2. The molecule has 0 bridgehead atoms. The van der Waals surface area contributed by atoms with E-state index in [0.29, 0.717) is 6.54 Å². The van der Waals surface area contributed by atoms with Crippen molar-refractivity contribution >= 4 is 0 Å². The third-order valence-electron chi connectivity index (χ3n) is 4.09. The smallest absolute Gasteiger partial charge is 0.0639 e. The second-order valence-corrected chi connectivity index (χ2v) is 6.56. The van der Waals surface area contributed by atoms with E-state index >= 15 is 0 Å². The minimum atomic E-state index is -0.274. The number of hydrogen-bond donors (Lipinski definition) is 1. The Balaban J connectivity index is 4.53. The van der Waals surface area contributed by atoms with E-state index < -0.39 is 0 Å². The van der Waals surface area contributed by atoms with Crippen LogP contribution in [-0.2, 0) is 0 Å². The van der Waals surface area contributed by atoms with E-state index in [0.717, 1.165) is 13.0 Å². The van der Waals surface area contributed by atoms with Gasteiger partial charge in [0.25, 0.3) is 0 Å². The second kappa shape index (κ2) is 6.17. The molecule has 0 spiro atoms. The van der Waals surface area contributed by atoms with Gasteiger partial charge in [0.05, 0.1) is 6.10 Å². The predicted octanol–water partition coefficient (Wildman–Crippen LogP) is 2.20. The lowest BCUT2D eigenvalue weighted by Crippen LogP contribution is -2.55. The van der Waals surface area contributed by atoms with Gasteiger partial charge in [-0.25, -0.2) is 0 Å². The summed E-state index contributed by atoms with van der Waals surface area (Å²) in [5.41, 5.74) is 0.293. The summed E-state index contributed by atoms with van der Waals surface area (Å²) < 4.78 is 0. The lowest BCUT2D eigenvalue weighted by molar-refractivity contribution is 0.0327. The van der Waals surface area contributed by atoms with Crippen LogP contribution in [0.2, 0.25) is 0 Å². The molecule has 0 fully saturated rings. The fourth-order valence-electron chi connectivity index (χ4n) is 1.83. The number of aliphatic hydroxyl groups excluding tert-OH is 1. The Morgan fingerprint density at radius 3 is 1.82 bits per heavy atom. The average Bonchev–Trinajstić information content (AvgIpc) is 2.15. The van der Waals surface area contributed by atoms with Crippen LogP contribution >= 0.6 is 0 Å². The highest BCUT2D eigenvalue weighted by molar-refractivity contribution is 4.88. The number of nitrogens with zero attached hydrogens (tertiary/aromatic N) is 2. The molecule has 0 amide bonds. The maximum absolute atomic E-state index is 9.47. The van der Waals surface area contributed by atoms with Crippen molar-refractivity contribution in [3.05, 3.63) is 0 Å². The van der Waals surface area contributed by atoms with Crippen LogP contribution in [-0.4, -0.2) is 59.3 Å². The van der Waals surface area contributed by atoms with Gasteiger partial charge in [0.1, 0.15) is 0 Å². The van der Waals surface area contributed by atoms with Gasteiger partial charge >= 0.3 is 0 Å². The quantitative estimate of drug-likeness (QED) is 0.744. The van der Waals surface area contributed by atoms with Gasteiger partial charge < -0.3 is 5.11 Å². The van der Waals surface area contributed by atoms with Crippen molar-refractivity contribution in [2.24, 2.45) is 0 Å². The molecule has 3 heteroatoms. The molecule has 17 heavy (non-hydrogen) atoms. The molecule has 0 aliphatic heterocycles. The SMILES string of the molecule is CCC(C)(C)N(C)CC(C)(C)N(C)CC(C)O. The summed E-state index contributed by atoms with van der Waals surface area (Å²) in [7, 11) is 4.26. The van der Waals surface area contributed by atoms with Gasteiger partial charge in [0.15, 0.2) is 0 Å². The van der Waals surface area contributed by atoms with E-state index in [1.54, 1.807) is 0 Å². The van der Waals surface area contributed by atoms with Crippen molar-refractivity contribution in [2.75, 3.05) is 27.2 Å². The van der Waals surface area contributed by atoms with Crippen LogP contribution in [0.25, 0.3) is 0 Å². The van der Waals surface area contributed by atoms with Crippen LogP contribution in [0.15, 0.2) is 0 Å². The number of β-amino-alcohol motifs (C(OH)–C–C–N with tert-alkyl or cyclic N) is 1. The lowest BCUT2D eigenvalue weighted by atomic mass is 9.95. The largest absolute Gasteiger partial charge is 0.392 e. The van der Waals surface area contributed by atoms with Gasteiger partial charge in [-0.15, -0.1) is 0 Å². The zero-order valence-corrected chi connectivity index (χ0v) is 13.0. The first-order valence-electron chi connectivity index (χ1n) is 6.63. The lowest BCUT2D eigenvalue weighted by Gasteiger charge is -2.44. The summed E-state index contributed by atoms with van der Waals surface area (Å²) in [6.07, 6.45) is 0.864. The van der Waals surface area contributed by atoms with Gasteiger partial charge in [-0.05, 0) is 55.1 Å². The fraction of sp³-hybridized carbons (Fsp3) is 1.00. The summed E-state index contributed by atoms with van der Waals surface area (Å²) in [6.45, 7) is 14.8. The van der Waals surface area contributed by atoms with Crippen LogP contribution in [0.3, 0.4) is 0 Å². The molecular formula is C14H32N2O. The minimum absolute atomic E-state index is 0.0676. The normalized spacial score (nSPS) is 15.7. The number of aliphatic hydroxyl groups is 1. The van der Waals surface area contributed by atoms with Crippen molar-refractivity contribution in [3.63, 3.8) is 0 Å². The van der Waals surface area contributed by atoms with E-state index in [4.69, 9.17) is 0 Å². The van der Waals surface area contributed by atoms with Gasteiger partial charge in [-0.3, -0.25) is 9.80 Å². The second-order valence-electron chi connectivity index (χ2n) is 6.56. The molecule has 1 atom stereocenters. The van der Waals surface area contributed by atoms with Crippen LogP contribution in [0.4, 0.5) is 0 Å². The maximum atomic E-state index is 9.47. The monoisotopic (exact) mass is 244 g/mol. The van der Waals surface area contributed by atoms with Crippen LogP contribution in [0.1, 0.15) is 48.0 Å². The van der Waals surface area contributed by atoms with E-state index in [1.807, 2.05) is 6.92 Å². The molecule has 0 aromatic carbocycles. The highest BCUT2D eigenvalue weighted by atomic mass is 16.3. The van der Waals surface area contributed by atoms with Gasteiger partial charge in [0.2, 0.25) is 0 Å². The van der Waals surface area contributed by atoms with Crippen molar-refractivity contribution in [1.82, 2.24) is 9.80 Å². The van der Waals surface area contributed by atoms with Crippen molar-refractivity contribution in [1.29, 1.82) is 0 Å². The van der Waals surface area contributed by atoms with Crippen LogP contribution in [0, 0.1) is 0 Å². The average molecular weight is 244 g/mol. The molecular weight excluding hydrogens is 212 g/mol. The molecule has 1 N–H and O–H groups in total. The van der Waals surface area contributed by atoms with E-state index in [2.05, 4.69) is 58.5 Å². The Bertz CT molecular complexity index is 224. The molecule has 1 unspecified atom stereocenters. The van der Waals surface area contributed by atoms with Gasteiger partial charge in [-0.2, -0.15) is 0 Å². The summed E-state index contributed by atoms with van der Waals surface area (Å²) in [4.78, 5) is 4.64. The molecule has 0 aromatic rings.